The van der Waals surface area contributed by atoms with Gasteiger partial charge in [-0.3, -0.25) is 15.0 Å². The quantitative estimate of drug-likeness (QED) is 0.404. The Morgan fingerprint density at radius 2 is 1.56 bits per heavy atom. The molecular weight excluding hydrogens is 462 g/mol. The number of rotatable bonds is 6. The second-order valence-electron chi connectivity index (χ2n) is 10.0. The number of morpholine rings is 1. The first kappa shape index (κ1) is 25.9. The van der Waals surface area contributed by atoms with Crippen molar-refractivity contribution < 1.29 is 24.2 Å². The molecule has 0 bridgehead atoms. The van der Waals surface area contributed by atoms with Gasteiger partial charge in [-0.1, -0.05) is 24.3 Å². The van der Waals surface area contributed by atoms with Crippen LogP contribution >= 0.6 is 0 Å². The van der Waals surface area contributed by atoms with Gasteiger partial charge in [0.1, 0.15) is 12.4 Å². The Balaban J connectivity index is 1.40. The summed E-state index contributed by atoms with van der Waals surface area (Å²) in [6.07, 6.45) is 3.88. The van der Waals surface area contributed by atoms with E-state index in [1.807, 2.05) is 29.2 Å². The smallest absolute Gasteiger partial charge is 0.320 e. The number of ether oxygens (including phenoxy) is 1. The van der Waals surface area contributed by atoms with E-state index in [-0.39, 0.29) is 36.3 Å². The number of nitrogens with zero attached hydrogens (tertiary/aromatic N) is 3. The van der Waals surface area contributed by atoms with Gasteiger partial charge in [-0.2, -0.15) is 0 Å². The van der Waals surface area contributed by atoms with E-state index in [2.05, 4.69) is 0 Å². The SMILES string of the molecule is N=C(N)c1ccc(C2CCN(C(=O)N(CC(=O)N3CCOCC3)C3CCC(C(=O)O)CC3)CC2)cc1. The molecule has 1 saturated carbocycles. The highest BCUT2D eigenvalue weighted by atomic mass is 16.5. The summed E-state index contributed by atoms with van der Waals surface area (Å²) in [6, 6.07) is 7.49. The van der Waals surface area contributed by atoms with Crippen LogP contribution in [0.1, 0.15) is 55.6 Å². The van der Waals surface area contributed by atoms with Crippen molar-refractivity contribution in [3.8, 4) is 0 Å². The first-order valence-corrected chi connectivity index (χ1v) is 12.9. The van der Waals surface area contributed by atoms with Crippen LogP contribution in [0.2, 0.25) is 0 Å². The molecule has 0 radical (unpaired) electrons. The van der Waals surface area contributed by atoms with Crippen LogP contribution in [0.4, 0.5) is 4.79 Å². The van der Waals surface area contributed by atoms with E-state index < -0.39 is 5.97 Å². The second-order valence-corrected chi connectivity index (χ2v) is 10.0. The number of benzene rings is 1. The van der Waals surface area contributed by atoms with Gasteiger partial charge >= 0.3 is 12.0 Å². The average Bonchev–Trinajstić information content (AvgIpc) is 2.92. The molecule has 2 saturated heterocycles. The first-order chi connectivity index (χ1) is 17.3. The van der Waals surface area contributed by atoms with E-state index in [0.29, 0.717) is 76.6 Å². The van der Waals surface area contributed by atoms with E-state index in [1.165, 1.54) is 5.56 Å². The largest absolute Gasteiger partial charge is 0.481 e. The zero-order chi connectivity index (χ0) is 25.7. The van der Waals surface area contributed by atoms with Gasteiger partial charge in [0.2, 0.25) is 5.91 Å². The summed E-state index contributed by atoms with van der Waals surface area (Å²) in [5, 5.41) is 16.9. The van der Waals surface area contributed by atoms with Gasteiger partial charge in [0.05, 0.1) is 19.1 Å². The number of hydrogen-bond acceptors (Lipinski definition) is 5. The lowest BCUT2D eigenvalue weighted by Gasteiger charge is -2.41. The maximum Gasteiger partial charge on any atom is 0.320 e. The summed E-state index contributed by atoms with van der Waals surface area (Å²) in [4.78, 5) is 43.5. The Kier molecular flexibility index (Phi) is 8.45. The van der Waals surface area contributed by atoms with Gasteiger partial charge in [-0.15, -0.1) is 0 Å². The van der Waals surface area contributed by atoms with Crippen LogP contribution in [-0.2, 0) is 14.3 Å². The van der Waals surface area contributed by atoms with Crippen molar-refractivity contribution in [2.45, 2.75) is 50.5 Å². The monoisotopic (exact) mass is 499 g/mol. The van der Waals surface area contributed by atoms with Crippen LogP contribution in [0, 0.1) is 11.3 Å². The van der Waals surface area contributed by atoms with Crippen LogP contribution in [0.5, 0.6) is 0 Å². The molecule has 3 amide bonds. The van der Waals surface area contributed by atoms with Gasteiger partial charge in [0.15, 0.2) is 0 Å². The van der Waals surface area contributed by atoms with Gasteiger partial charge in [-0.25, -0.2) is 4.79 Å². The minimum atomic E-state index is -0.783. The Morgan fingerprint density at radius 3 is 2.11 bits per heavy atom. The van der Waals surface area contributed by atoms with Crippen molar-refractivity contribution in [3.63, 3.8) is 0 Å². The highest BCUT2D eigenvalue weighted by Gasteiger charge is 2.36. The minimum Gasteiger partial charge on any atom is -0.481 e. The van der Waals surface area contributed by atoms with Crippen LogP contribution in [0.25, 0.3) is 0 Å². The Labute approximate surface area is 211 Å². The van der Waals surface area contributed by atoms with Gasteiger partial charge < -0.3 is 30.3 Å². The normalized spacial score (nSPS) is 23.2. The lowest BCUT2D eigenvalue weighted by Crippen LogP contribution is -2.55. The van der Waals surface area contributed by atoms with E-state index >= 15 is 0 Å². The minimum absolute atomic E-state index is 0.0215. The number of amidine groups is 1. The maximum absolute atomic E-state index is 13.7. The number of urea groups is 1. The summed E-state index contributed by atoms with van der Waals surface area (Å²) in [5.74, 6) is -0.865. The molecular formula is C26H37N5O5. The molecule has 10 heteroatoms. The molecule has 10 nitrogen and oxygen atoms in total. The fourth-order valence-electron chi connectivity index (χ4n) is 5.57. The van der Waals surface area contributed by atoms with Crippen molar-refractivity contribution in [2.24, 2.45) is 11.7 Å². The molecule has 2 heterocycles. The van der Waals surface area contributed by atoms with E-state index in [0.717, 1.165) is 12.8 Å². The number of carbonyl (C=O) groups excluding carboxylic acids is 2. The first-order valence-electron chi connectivity index (χ1n) is 12.9. The number of nitrogens with one attached hydrogen (secondary N) is 1. The number of hydrogen-bond donors (Lipinski definition) is 3. The fraction of sp³-hybridized carbons (Fsp3) is 0.615. The molecule has 1 aromatic carbocycles. The highest BCUT2D eigenvalue weighted by molar-refractivity contribution is 5.94. The third kappa shape index (κ3) is 6.16. The summed E-state index contributed by atoms with van der Waals surface area (Å²) in [7, 11) is 0. The molecule has 0 unspecified atom stereocenters. The molecule has 0 aromatic heterocycles. The lowest BCUT2D eigenvalue weighted by atomic mass is 9.85. The molecule has 0 atom stereocenters. The van der Waals surface area contributed by atoms with E-state index in [9.17, 15) is 19.5 Å². The molecule has 2 aliphatic heterocycles. The van der Waals surface area contributed by atoms with Gasteiger partial charge in [-0.05, 0) is 50.0 Å². The van der Waals surface area contributed by atoms with Crippen molar-refractivity contribution in [2.75, 3.05) is 45.9 Å². The standard InChI is InChI=1S/C26H37N5O5/c27-24(28)20-3-1-18(2-4-20)19-9-11-30(12-10-19)26(35)31(17-23(32)29-13-15-36-16-14-29)22-7-5-21(6-8-22)25(33)34/h1-4,19,21-22H,5-17H2,(H3,27,28)(H,33,34). The number of carboxylic acid groups (broad SMARTS) is 1. The van der Waals surface area contributed by atoms with Crippen LogP contribution in [0.15, 0.2) is 24.3 Å². The Bertz CT molecular complexity index is 946. The Morgan fingerprint density at radius 1 is 0.944 bits per heavy atom. The van der Waals surface area contributed by atoms with Crippen molar-refractivity contribution >= 4 is 23.7 Å². The average molecular weight is 500 g/mol. The molecule has 36 heavy (non-hydrogen) atoms. The summed E-state index contributed by atoms with van der Waals surface area (Å²) >= 11 is 0. The molecule has 196 valence electrons. The van der Waals surface area contributed by atoms with Crippen LogP contribution < -0.4 is 5.73 Å². The zero-order valence-electron chi connectivity index (χ0n) is 20.7. The molecule has 1 aliphatic carbocycles. The van der Waals surface area contributed by atoms with E-state index in [4.69, 9.17) is 15.9 Å². The summed E-state index contributed by atoms with van der Waals surface area (Å²) in [5.41, 5.74) is 7.44. The van der Waals surface area contributed by atoms with Gasteiger partial charge in [0.25, 0.3) is 0 Å². The number of carboxylic acids is 1. The number of nitrogen functional groups attached to an aromatic ring is 1. The summed E-state index contributed by atoms with van der Waals surface area (Å²) in [6.45, 7) is 3.29. The predicted molar refractivity (Wildman–Crippen MR) is 134 cm³/mol. The number of carbonyl (C=O) groups is 3. The van der Waals surface area contributed by atoms with Crippen molar-refractivity contribution in [1.82, 2.24) is 14.7 Å². The molecule has 4 N–H and O–H groups in total. The number of piperidine rings is 1. The topological polar surface area (TPSA) is 140 Å². The lowest BCUT2D eigenvalue weighted by molar-refractivity contribution is -0.143. The molecule has 4 rings (SSSR count). The Hall–Kier alpha value is -3.14. The summed E-state index contributed by atoms with van der Waals surface area (Å²) < 4.78 is 5.36. The third-order valence-corrected chi connectivity index (χ3v) is 7.86. The molecule has 3 fully saturated rings. The predicted octanol–water partition coefficient (Wildman–Crippen LogP) is 2.07. The highest BCUT2D eigenvalue weighted by Crippen LogP contribution is 2.31. The number of nitrogens with two attached hydrogens (primary N) is 1. The van der Waals surface area contributed by atoms with Crippen LogP contribution in [-0.4, -0.2) is 95.5 Å². The number of amides is 3. The van der Waals surface area contributed by atoms with Crippen molar-refractivity contribution in [1.29, 1.82) is 5.41 Å². The van der Waals surface area contributed by atoms with Crippen LogP contribution in [0.3, 0.4) is 0 Å². The molecule has 3 aliphatic rings. The maximum atomic E-state index is 13.7. The van der Waals surface area contributed by atoms with E-state index in [1.54, 1.807) is 9.80 Å². The zero-order valence-corrected chi connectivity index (χ0v) is 20.7. The van der Waals surface area contributed by atoms with Crippen molar-refractivity contribution in [3.05, 3.63) is 35.4 Å². The van der Waals surface area contributed by atoms with Gasteiger partial charge in [0, 0.05) is 37.8 Å². The third-order valence-electron chi connectivity index (χ3n) is 7.86. The number of aliphatic carboxylic acids is 1. The fourth-order valence-corrected chi connectivity index (χ4v) is 5.57. The number of likely N-dealkylation sites (tertiary alicyclic amines) is 1. The molecule has 0 spiro atoms. The molecule has 1 aromatic rings. The second kappa shape index (κ2) is 11.7.